The van der Waals surface area contributed by atoms with Crippen LogP contribution in [0.15, 0.2) is 24.3 Å². The van der Waals surface area contributed by atoms with E-state index >= 15 is 0 Å². The molecular weight excluding hydrogens is 240 g/mol. The van der Waals surface area contributed by atoms with Gasteiger partial charge in [0.25, 0.3) is 10.1 Å². The van der Waals surface area contributed by atoms with Gasteiger partial charge in [0.15, 0.2) is 0 Å². The summed E-state index contributed by atoms with van der Waals surface area (Å²) in [7, 11) is -4.27. The summed E-state index contributed by atoms with van der Waals surface area (Å²) in [6, 6.07) is 7.21. The summed E-state index contributed by atoms with van der Waals surface area (Å²) in [6.45, 7) is 2.31. The topological polar surface area (TPSA) is 63.6 Å². The third-order valence-electron chi connectivity index (χ3n) is 3.21. The van der Waals surface area contributed by atoms with Crippen molar-refractivity contribution in [3.63, 3.8) is 0 Å². The Morgan fingerprint density at radius 2 is 2.12 bits per heavy atom. The van der Waals surface area contributed by atoms with Crippen molar-refractivity contribution in [1.29, 1.82) is 0 Å². The Balaban J connectivity index is 2.62. The van der Waals surface area contributed by atoms with Crippen LogP contribution in [0.1, 0.15) is 30.9 Å². The second kappa shape index (κ2) is 4.40. The van der Waals surface area contributed by atoms with Crippen molar-refractivity contribution in [3.8, 4) is 0 Å². The maximum atomic E-state index is 11.7. The second-order valence-electron chi connectivity index (χ2n) is 4.19. The molecule has 1 N–H and O–H groups in total. The van der Waals surface area contributed by atoms with E-state index in [1.807, 2.05) is 19.1 Å². The summed E-state index contributed by atoms with van der Waals surface area (Å²) >= 11 is 0. The number of ether oxygens (including phenoxy) is 1. The monoisotopic (exact) mass is 256 g/mol. The van der Waals surface area contributed by atoms with E-state index in [-0.39, 0.29) is 0 Å². The Morgan fingerprint density at radius 1 is 1.41 bits per heavy atom. The standard InChI is InChI=1S/C12H16O4S/c1-2-10-6-3-4-7-11(10)12(17(13,14)15)8-5-9-16-12/h3-4,6-7H,2,5,8-9H2,1H3,(H,13,14,15). The van der Waals surface area contributed by atoms with Crippen LogP contribution in [0.5, 0.6) is 0 Å². The summed E-state index contributed by atoms with van der Waals surface area (Å²) < 4.78 is 38.2. The Hall–Kier alpha value is -0.910. The van der Waals surface area contributed by atoms with Gasteiger partial charge in [-0.1, -0.05) is 31.2 Å². The zero-order valence-corrected chi connectivity index (χ0v) is 10.5. The van der Waals surface area contributed by atoms with Crippen molar-refractivity contribution in [2.45, 2.75) is 31.1 Å². The van der Waals surface area contributed by atoms with Crippen molar-refractivity contribution in [3.05, 3.63) is 35.4 Å². The first-order valence-corrected chi connectivity index (χ1v) is 7.14. The highest BCUT2D eigenvalue weighted by atomic mass is 32.2. The van der Waals surface area contributed by atoms with Crippen LogP contribution in [0.2, 0.25) is 0 Å². The third kappa shape index (κ3) is 1.99. The van der Waals surface area contributed by atoms with Crippen LogP contribution < -0.4 is 0 Å². The Bertz CT molecular complexity index is 501. The highest BCUT2D eigenvalue weighted by molar-refractivity contribution is 7.86. The van der Waals surface area contributed by atoms with Crippen LogP contribution in [0, 0.1) is 0 Å². The third-order valence-corrected chi connectivity index (χ3v) is 4.59. The highest BCUT2D eigenvalue weighted by Crippen LogP contribution is 2.42. The van der Waals surface area contributed by atoms with Crippen LogP contribution in [0.3, 0.4) is 0 Å². The molecule has 1 heterocycles. The van der Waals surface area contributed by atoms with Gasteiger partial charge in [-0.15, -0.1) is 0 Å². The highest BCUT2D eigenvalue weighted by Gasteiger charge is 2.49. The van der Waals surface area contributed by atoms with E-state index in [4.69, 9.17) is 4.74 Å². The van der Waals surface area contributed by atoms with Crippen LogP contribution in [-0.4, -0.2) is 19.6 Å². The maximum absolute atomic E-state index is 11.7. The van der Waals surface area contributed by atoms with Gasteiger partial charge in [0, 0.05) is 12.2 Å². The number of rotatable bonds is 3. The van der Waals surface area contributed by atoms with Gasteiger partial charge in [0.05, 0.1) is 0 Å². The first-order valence-electron chi connectivity index (χ1n) is 5.70. The van der Waals surface area contributed by atoms with Gasteiger partial charge in [-0.2, -0.15) is 8.42 Å². The Kier molecular flexibility index (Phi) is 3.25. The lowest BCUT2D eigenvalue weighted by Gasteiger charge is -2.27. The fraction of sp³-hybridized carbons (Fsp3) is 0.500. The van der Waals surface area contributed by atoms with E-state index in [0.717, 1.165) is 5.56 Å². The fourth-order valence-electron chi connectivity index (χ4n) is 2.37. The normalized spacial score (nSPS) is 25.1. The quantitative estimate of drug-likeness (QED) is 0.841. The van der Waals surface area contributed by atoms with Crippen molar-refractivity contribution in [1.82, 2.24) is 0 Å². The minimum atomic E-state index is -4.27. The average Bonchev–Trinajstić information content (AvgIpc) is 2.78. The summed E-state index contributed by atoms with van der Waals surface area (Å²) in [5.74, 6) is 0. The number of hydrogen-bond donors (Lipinski definition) is 1. The van der Waals surface area contributed by atoms with Gasteiger partial charge in [-0.3, -0.25) is 4.55 Å². The predicted octanol–water partition coefficient (Wildman–Crippen LogP) is 2.10. The molecule has 1 aliphatic rings. The molecule has 1 fully saturated rings. The van der Waals surface area contributed by atoms with E-state index in [1.54, 1.807) is 12.1 Å². The molecule has 0 bridgehead atoms. The Labute approximate surface area is 101 Å². The fourth-order valence-corrected chi connectivity index (χ4v) is 3.48. The predicted molar refractivity (Wildman–Crippen MR) is 64.2 cm³/mol. The van der Waals surface area contributed by atoms with Gasteiger partial charge >= 0.3 is 0 Å². The second-order valence-corrected chi connectivity index (χ2v) is 5.80. The smallest absolute Gasteiger partial charge is 0.299 e. The molecule has 1 saturated heterocycles. The molecule has 0 radical (unpaired) electrons. The average molecular weight is 256 g/mol. The van der Waals surface area contributed by atoms with Crippen LogP contribution >= 0.6 is 0 Å². The molecule has 5 heteroatoms. The number of benzene rings is 1. The molecule has 94 valence electrons. The molecular formula is C12H16O4S. The molecule has 0 amide bonds. The summed E-state index contributed by atoms with van der Waals surface area (Å²) in [5.41, 5.74) is 1.47. The maximum Gasteiger partial charge on any atom is 0.299 e. The molecule has 1 aromatic carbocycles. The van der Waals surface area contributed by atoms with Gasteiger partial charge in [0.1, 0.15) is 0 Å². The van der Waals surface area contributed by atoms with Crippen LogP contribution in [0.4, 0.5) is 0 Å². The number of aryl methyl sites for hydroxylation is 1. The molecule has 1 atom stereocenters. The molecule has 1 aliphatic heterocycles. The van der Waals surface area contributed by atoms with E-state index in [2.05, 4.69) is 0 Å². The van der Waals surface area contributed by atoms with Gasteiger partial charge in [-0.25, -0.2) is 0 Å². The molecule has 2 rings (SSSR count). The lowest BCUT2D eigenvalue weighted by molar-refractivity contribution is 0.0623. The molecule has 0 aliphatic carbocycles. The lowest BCUT2D eigenvalue weighted by Crippen LogP contribution is -2.35. The summed E-state index contributed by atoms with van der Waals surface area (Å²) in [4.78, 5) is -1.56. The van der Waals surface area contributed by atoms with Gasteiger partial charge in [-0.05, 0) is 24.8 Å². The van der Waals surface area contributed by atoms with Gasteiger partial charge in [0.2, 0.25) is 4.93 Å². The van der Waals surface area contributed by atoms with Crippen molar-refractivity contribution in [2.24, 2.45) is 0 Å². The van der Waals surface area contributed by atoms with E-state index in [1.165, 1.54) is 0 Å². The summed E-state index contributed by atoms with van der Waals surface area (Å²) in [5, 5.41) is 0. The Morgan fingerprint density at radius 3 is 2.65 bits per heavy atom. The zero-order valence-electron chi connectivity index (χ0n) is 9.72. The molecule has 0 spiro atoms. The first-order chi connectivity index (χ1) is 8.01. The van der Waals surface area contributed by atoms with Crippen LogP contribution in [-0.2, 0) is 26.2 Å². The van der Waals surface area contributed by atoms with E-state index in [0.29, 0.717) is 31.4 Å². The summed E-state index contributed by atoms with van der Waals surface area (Å²) in [6.07, 6.45) is 1.65. The lowest BCUT2D eigenvalue weighted by atomic mass is 9.98. The van der Waals surface area contributed by atoms with E-state index < -0.39 is 15.1 Å². The van der Waals surface area contributed by atoms with Crippen molar-refractivity contribution in [2.75, 3.05) is 6.61 Å². The zero-order chi connectivity index (χ0) is 12.5. The van der Waals surface area contributed by atoms with Crippen LogP contribution in [0.25, 0.3) is 0 Å². The SMILES string of the molecule is CCc1ccccc1C1(S(=O)(=O)O)CCCO1. The largest absolute Gasteiger partial charge is 0.353 e. The molecule has 1 unspecified atom stereocenters. The van der Waals surface area contributed by atoms with Crippen molar-refractivity contribution < 1.29 is 17.7 Å². The molecule has 0 aromatic heterocycles. The van der Waals surface area contributed by atoms with Crippen molar-refractivity contribution >= 4 is 10.1 Å². The minimum absolute atomic E-state index is 0.308. The number of hydrogen-bond acceptors (Lipinski definition) is 3. The molecule has 0 saturated carbocycles. The molecule has 4 nitrogen and oxygen atoms in total. The van der Waals surface area contributed by atoms with Gasteiger partial charge < -0.3 is 4.74 Å². The molecule has 1 aromatic rings. The molecule has 17 heavy (non-hydrogen) atoms. The minimum Gasteiger partial charge on any atom is -0.353 e. The van der Waals surface area contributed by atoms with E-state index in [9.17, 15) is 13.0 Å². The first kappa shape index (κ1) is 12.5.